The number of nitrogens with zero attached hydrogens (tertiary/aromatic N) is 1. The number of aliphatic imine (C=N–C) groups is 1. The van der Waals surface area contributed by atoms with Gasteiger partial charge in [-0.25, -0.2) is 0 Å². The van der Waals surface area contributed by atoms with Gasteiger partial charge in [0.25, 0.3) is 0 Å². The molecule has 4 unspecified atom stereocenters. The lowest BCUT2D eigenvalue weighted by Gasteiger charge is -2.59. The molecular formula is C42H36N2. The smallest absolute Gasteiger partial charge is 0.0816 e. The number of fused-ring (bicyclic) bond motifs is 6. The number of hydrogen-bond donors (Lipinski definition) is 1. The molecule has 6 aromatic carbocycles. The van der Waals surface area contributed by atoms with Crippen LogP contribution < -0.4 is 5.32 Å². The van der Waals surface area contributed by atoms with Gasteiger partial charge in [0.1, 0.15) is 0 Å². The predicted octanol–water partition coefficient (Wildman–Crippen LogP) is 10.4. The highest BCUT2D eigenvalue weighted by Gasteiger charge is 2.77. The maximum Gasteiger partial charge on any atom is 0.0816 e. The summed E-state index contributed by atoms with van der Waals surface area (Å²) in [6.45, 7) is 11.3. The van der Waals surface area contributed by atoms with Crippen molar-refractivity contribution < 1.29 is 0 Å². The van der Waals surface area contributed by atoms with Crippen LogP contribution in [0.25, 0.3) is 21.5 Å². The third-order valence-electron chi connectivity index (χ3n) is 11.2. The van der Waals surface area contributed by atoms with Gasteiger partial charge in [0.05, 0.1) is 16.9 Å². The molecule has 44 heavy (non-hydrogen) atoms. The van der Waals surface area contributed by atoms with E-state index in [1.54, 1.807) is 0 Å². The van der Waals surface area contributed by atoms with Crippen LogP contribution in [0.15, 0.2) is 114 Å². The number of anilines is 1. The summed E-state index contributed by atoms with van der Waals surface area (Å²) in [5, 5.41) is 9.47. The first kappa shape index (κ1) is 25.8. The van der Waals surface area contributed by atoms with E-state index in [2.05, 4.69) is 149 Å². The molecule has 0 aliphatic heterocycles. The minimum absolute atomic E-state index is 0.119. The van der Waals surface area contributed by atoms with Gasteiger partial charge in [0.2, 0.25) is 0 Å². The van der Waals surface area contributed by atoms with Gasteiger partial charge in [-0.05, 0) is 113 Å². The number of aryl methyl sites for hydroxylation is 4. The lowest BCUT2D eigenvalue weighted by atomic mass is 9.42. The van der Waals surface area contributed by atoms with E-state index in [-0.39, 0.29) is 17.3 Å². The van der Waals surface area contributed by atoms with Crippen molar-refractivity contribution in [1.29, 1.82) is 0 Å². The molecule has 0 bridgehead atoms. The Hall–Kier alpha value is -4.69. The standard InChI is InChI=1S/C42H36N2/c1-24-12-10-13-25(2)37(24)43-40-36-32-20-28-16-6-8-18-30(28)22-34(32)42(36)35-23-31-19-9-7-17-29(31)21-33(35)39(42)41(40,5)44-38-26(3)14-11-15-27(38)4/h6-23,36,39,44H,1-5H3. The topological polar surface area (TPSA) is 24.4 Å². The minimum Gasteiger partial charge on any atom is -0.373 e. The molecule has 0 heterocycles. The minimum atomic E-state index is -0.406. The van der Waals surface area contributed by atoms with E-state index in [9.17, 15) is 0 Å². The molecule has 1 saturated carbocycles. The molecule has 2 nitrogen and oxygen atoms in total. The van der Waals surface area contributed by atoms with E-state index in [0.717, 1.165) is 5.69 Å². The molecule has 1 N–H and O–H groups in total. The Balaban J connectivity index is 1.39. The summed E-state index contributed by atoms with van der Waals surface area (Å²) in [6.07, 6.45) is 0. The van der Waals surface area contributed by atoms with E-state index in [1.165, 1.54) is 77.5 Å². The molecule has 0 saturated heterocycles. The highest BCUT2D eigenvalue weighted by Crippen LogP contribution is 2.78. The highest BCUT2D eigenvalue weighted by atomic mass is 15.1. The number of hydrogen-bond acceptors (Lipinski definition) is 2. The fourth-order valence-corrected chi connectivity index (χ4v) is 9.25. The molecule has 9 rings (SSSR count). The van der Waals surface area contributed by atoms with Gasteiger partial charge in [-0.2, -0.15) is 0 Å². The monoisotopic (exact) mass is 568 g/mol. The van der Waals surface area contributed by atoms with Crippen molar-refractivity contribution in [1.82, 2.24) is 0 Å². The zero-order valence-electron chi connectivity index (χ0n) is 26.0. The summed E-state index contributed by atoms with van der Waals surface area (Å²) >= 11 is 0. The highest BCUT2D eigenvalue weighted by molar-refractivity contribution is 6.14. The van der Waals surface area contributed by atoms with Crippen molar-refractivity contribution in [2.24, 2.45) is 4.99 Å². The van der Waals surface area contributed by atoms with Crippen molar-refractivity contribution in [2.45, 2.75) is 57.4 Å². The van der Waals surface area contributed by atoms with Crippen LogP contribution in [0.3, 0.4) is 0 Å². The Bertz CT molecular complexity index is 2200. The molecule has 0 radical (unpaired) electrons. The van der Waals surface area contributed by atoms with Gasteiger partial charge >= 0.3 is 0 Å². The van der Waals surface area contributed by atoms with Crippen molar-refractivity contribution >= 4 is 38.6 Å². The van der Waals surface area contributed by atoms with Crippen molar-refractivity contribution in [3.63, 3.8) is 0 Å². The molecule has 6 aromatic rings. The number of benzene rings is 6. The van der Waals surface area contributed by atoms with Crippen LogP contribution in [-0.4, -0.2) is 11.3 Å². The number of nitrogens with one attached hydrogen (secondary N) is 1. The van der Waals surface area contributed by atoms with Crippen LogP contribution in [0.1, 0.15) is 63.3 Å². The van der Waals surface area contributed by atoms with E-state index < -0.39 is 5.54 Å². The summed E-state index contributed by atoms with van der Waals surface area (Å²) in [4.78, 5) is 5.77. The van der Waals surface area contributed by atoms with Crippen LogP contribution in [0.2, 0.25) is 0 Å². The average molecular weight is 569 g/mol. The first-order valence-corrected chi connectivity index (χ1v) is 15.9. The van der Waals surface area contributed by atoms with E-state index in [4.69, 9.17) is 4.99 Å². The molecule has 2 heteroatoms. The average Bonchev–Trinajstić information content (AvgIpc) is 3.17. The Morgan fingerprint density at radius 3 is 1.61 bits per heavy atom. The summed E-state index contributed by atoms with van der Waals surface area (Å²) < 4.78 is 0. The SMILES string of the molecule is Cc1cccc(C)c1N=C1C2c3cc4ccccc4cc3C23c2cc4ccccc4cc2C3C1(C)Nc1c(C)cccc1C. The Labute approximate surface area is 259 Å². The summed E-state index contributed by atoms with van der Waals surface area (Å²) in [5.41, 5.74) is 13.9. The lowest BCUT2D eigenvalue weighted by molar-refractivity contribution is 0.292. The normalized spacial score (nSPS) is 25.2. The fraction of sp³-hybridized carbons (Fsp3) is 0.214. The molecule has 1 fully saturated rings. The zero-order chi connectivity index (χ0) is 30.0. The first-order valence-electron chi connectivity index (χ1n) is 15.9. The maximum absolute atomic E-state index is 5.77. The van der Waals surface area contributed by atoms with Gasteiger partial charge < -0.3 is 5.32 Å². The third kappa shape index (κ3) is 3.08. The Morgan fingerprint density at radius 2 is 1.05 bits per heavy atom. The third-order valence-corrected chi connectivity index (χ3v) is 11.2. The van der Waals surface area contributed by atoms with E-state index in [0.29, 0.717) is 0 Å². The molecule has 0 aromatic heterocycles. The maximum atomic E-state index is 5.77. The second kappa shape index (κ2) is 8.70. The van der Waals surface area contributed by atoms with Crippen LogP contribution in [0.4, 0.5) is 11.4 Å². The Morgan fingerprint density at radius 1 is 0.568 bits per heavy atom. The Kier molecular flexibility index (Phi) is 5.09. The second-order valence-electron chi connectivity index (χ2n) is 13.6. The van der Waals surface area contributed by atoms with Crippen LogP contribution in [0.5, 0.6) is 0 Å². The predicted molar refractivity (Wildman–Crippen MR) is 185 cm³/mol. The van der Waals surface area contributed by atoms with Crippen molar-refractivity contribution in [3.05, 3.63) is 154 Å². The van der Waals surface area contributed by atoms with Crippen molar-refractivity contribution in [2.75, 3.05) is 5.32 Å². The largest absolute Gasteiger partial charge is 0.373 e. The van der Waals surface area contributed by atoms with Gasteiger partial charge in [-0.3, -0.25) is 4.99 Å². The molecule has 4 atom stereocenters. The van der Waals surface area contributed by atoms with Crippen molar-refractivity contribution in [3.8, 4) is 0 Å². The molecule has 214 valence electrons. The van der Waals surface area contributed by atoms with Gasteiger partial charge in [0.15, 0.2) is 0 Å². The van der Waals surface area contributed by atoms with E-state index >= 15 is 0 Å². The van der Waals surface area contributed by atoms with Gasteiger partial charge in [0, 0.05) is 22.9 Å². The number of para-hydroxylation sites is 2. The molecule has 1 spiro atoms. The summed E-state index contributed by atoms with van der Waals surface area (Å²) in [6, 6.07) is 40.8. The molecular weight excluding hydrogens is 532 g/mol. The van der Waals surface area contributed by atoms with Crippen LogP contribution >= 0.6 is 0 Å². The van der Waals surface area contributed by atoms with E-state index in [1.807, 2.05) is 0 Å². The number of rotatable bonds is 3. The van der Waals surface area contributed by atoms with Crippen LogP contribution in [0, 0.1) is 27.7 Å². The van der Waals surface area contributed by atoms with Gasteiger partial charge in [-0.15, -0.1) is 0 Å². The summed E-state index contributed by atoms with van der Waals surface area (Å²) in [5.74, 6) is 0.442. The molecule has 3 aliphatic carbocycles. The van der Waals surface area contributed by atoms with Crippen LogP contribution in [-0.2, 0) is 5.41 Å². The zero-order valence-corrected chi connectivity index (χ0v) is 26.0. The molecule has 3 aliphatic rings. The van der Waals surface area contributed by atoms with Gasteiger partial charge in [-0.1, -0.05) is 97.1 Å². The lowest BCUT2D eigenvalue weighted by Crippen LogP contribution is -2.56. The first-order chi connectivity index (χ1) is 21.3. The fourth-order valence-electron chi connectivity index (χ4n) is 9.25. The second-order valence-corrected chi connectivity index (χ2v) is 13.6. The molecule has 0 amide bonds. The summed E-state index contributed by atoms with van der Waals surface area (Å²) in [7, 11) is 0. The quantitative estimate of drug-likeness (QED) is 0.226.